The molecule has 0 radical (unpaired) electrons. The Morgan fingerprint density at radius 2 is 1.96 bits per heavy atom. The highest BCUT2D eigenvalue weighted by Crippen LogP contribution is 2.30. The maximum absolute atomic E-state index is 5.53. The van der Waals surface area contributed by atoms with Crippen molar-refractivity contribution >= 4 is 11.6 Å². The Labute approximate surface area is 143 Å². The lowest BCUT2D eigenvalue weighted by Crippen LogP contribution is -2.30. The molecule has 2 aromatic rings. The van der Waals surface area contributed by atoms with Gasteiger partial charge in [-0.15, -0.1) is 0 Å². The topological polar surface area (TPSA) is 54.9 Å². The fourth-order valence-corrected chi connectivity index (χ4v) is 2.34. The molecular formula is C19H25N3O2. The minimum Gasteiger partial charge on any atom is -0.493 e. The van der Waals surface area contributed by atoms with Crippen LogP contribution in [0.1, 0.15) is 18.1 Å². The molecule has 0 atom stereocenters. The number of ether oxygens (including phenoxy) is 2. The number of nitrogens with one attached hydrogen (secondary N) is 2. The standard InChI is InChI=1S/C19H25N3O2/c1-5-24-17-10-9-16(12-18(17)23-4)22-19(20-3)21-13-15-8-6-7-14(2)11-15/h6-12H,5,13H2,1-4H3,(H2,20,21,22). The SMILES string of the molecule is CCOc1ccc(NC(=NC)NCc2cccc(C)c2)cc1OC. The predicted octanol–water partition coefficient (Wildman–Crippen LogP) is 3.59. The molecule has 0 heterocycles. The zero-order valence-electron chi connectivity index (χ0n) is 14.7. The van der Waals surface area contributed by atoms with Crippen molar-refractivity contribution in [2.75, 3.05) is 26.1 Å². The van der Waals surface area contributed by atoms with Gasteiger partial charge in [-0.3, -0.25) is 4.99 Å². The molecule has 0 spiro atoms. The van der Waals surface area contributed by atoms with Crippen LogP contribution >= 0.6 is 0 Å². The van der Waals surface area contributed by atoms with Gasteiger partial charge in [0.2, 0.25) is 0 Å². The Hall–Kier alpha value is -2.69. The van der Waals surface area contributed by atoms with Gasteiger partial charge in [-0.1, -0.05) is 29.8 Å². The first-order valence-electron chi connectivity index (χ1n) is 8.00. The summed E-state index contributed by atoms with van der Waals surface area (Å²) in [7, 11) is 3.38. The van der Waals surface area contributed by atoms with Crippen molar-refractivity contribution in [1.82, 2.24) is 5.32 Å². The molecule has 0 saturated heterocycles. The summed E-state index contributed by atoms with van der Waals surface area (Å²) in [5.74, 6) is 2.12. The Kier molecular flexibility index (Phi) is 6.49. The lowest BCUT2D eigenvalue weighted by Gasteiger charge is -2.14. The van der Waals surface area contributed by atoms with Crippen molar-refractivity contribution in [2.24, 2.45) is 4.99 Å². The van der Waals surface area contributed by atoms with Crippen LogP contribution in [0, 0.1) is 6.92 Å². The van der Waals surface area contributed by atoms with Gasteiger partial charge in [-0.2, -0.15) is 0 Å². The second-order valence-corrected chi connectivity index (χ2v) is 5.34. The second-order valence-electron chi connectivity index (χ2n) is 5.34. The fraction of sp³-hybridized carbons (Fsp3) is 0.316. The number of hydrogen-bond acceptors (Lipinski definition) is 3. The summed E-state index contributed by atoms with van der Waals surface area (Å²) < 4.78 is 10.9. The number of aryl methyl sites for hydroxylation is 1. The largest absolute Gasteiger partial charge is 0.493 e. The molecule has 0 aromatic heterocycles. The van der Waals surface area contributed by atoms with Crippen LogP contribution in [0.4, 0.5) is 5.69 Å². The smallest absolute Gasteiger partial charge is 0.195 e. The third-order valence-corrected chi connectivity index (χ3v) is 3.49. The number of benzene rings is 2. The Balaban J connectivity index is 2.02. The third kappa shape index (κ3) is 4.91. The van der Waals surface area contributed by atoms with Gasteiger partial charge in [0, 0.05) is 25.3 Å². The normalized spacial score (nSPS) is 11.1. The molecule has 128 valence electrons. The van der Waals surface area contributed by atoms with E-state index in [4.69, 9.17) is 9.47 Å². The van der Waals surface area contributed by atoms with Gasteiger partial charge >= 0.3 is 0 Å². The summed E-state index contributed by atoms with van der Waals surface area (Å²) in [6, 6.07) is 14.1. The van der Waals surface area contributed by atoms with Crippen LogP contribution in [0.5, 0.6) is 11.5 Å². The van der Waals surface area contributed by atoms with Crippen LogP contribution in [-0.2, 0) is 6.54 Å². The molecule has 0 bridgehead atoms. The summed E-state index contributed by atoms with van der Waals surface area (Å²) in [5, 5.41) is 6.57. The lowest BCUT2D eigenvalue weighted by atomic mass is 10.1. The zero-order chi connectivity index (χ0) is 17.4. The first-order valence-corrected chi connectivity index (χ1v) is 8.00. The van der Waals surface area contributed by atoms with E-state index in [1.165, 1.54) is 11.1 Å². The van der Waals surface area contributed by atoms with E-state index in [1.807, 2.05) is 25.1 Å². The monoisotopic (exact) mass is 327 g/mol. The molecule has 2 rings (SSSR count). The highest BCUT2D eigenvalue weighted by atomic mass is 16.5. The number of rotatable bonds is 6. The molecule has 0 aliphatic carbocycles. The van der Waals surface area contributed by atoms with Crippen molar-refractivity contribution in [3.63, 3.8) is 0 Å². The lowest BCUT2D eigenvalue weighted by molar-refractivity contribution is 0.311. The summed E-state index contributed by atoms with van der Waals surface area (Å²) in [4.78, 5) is 4.26. The Morgan fingerprint density at radius 1 is 1.12 bits per heavy atom. The molecule has 5 heteroatoms. The van der Waals surface area contributed by atoms with Gasteiger partial charge in [-0.25, -0.2) is 0 Å². The van der Waals surface area contributed by atoms with E-state index in [2.05, 4.69) is 46.8 Å². The van der Waals surface area contributed by atoms with Crippen LogP contribution in [0.15, 0.2) is 47.5 Å². The molecule has 5 nitrogen and oxygen atoms in total. The number of aliphatic imine (C=N–C) groups is 1. The second kappa shape index (κ2) is 8.82. The highest BCUT2D eigenvalue weighted by Gasteiger charge is 2.07. The summed E-state index contributed by atoms with van der Waals surface area (Å²) >= 11 is 0. The van der Waals surface area contributed by atoms with E-state index >= 15 is 0 Å². The average Bonchev–Trinajstić information content (AvgIpc) is 2.60. The summed E-state index contributed by atoms with van der Waals surface area (Å²) in [5.41, 5.74) is 3.34. The van der Waals surface area contributed by atoms with E-state index in [1.54, 1.807) is 14.2 Å². The molecule has 0 aliphatic heterocycles. The number of anilines is 1. The molecule has 0 saturated carbocycles. The van der Waals surface area contributed by atoms with Crippen molar-refractivity contribution in [1.29, 1.82) is 0 Å². The molecule has 0 unspecified atom stereocenters. The zero-order valence-corrected chi connectivity index (χ0v) is 14.7. The molecular weight excluding hydrogens is 302 g/mol. The van der Waals surface area contributed by atoms with Crippen LogP contribution in [0.3, 0.4) is 0 Å². The number of nitrogens with zero attached hydrogens (tertiary/aromatic N) is 1. The predicted molar refractivity (Wildman–Crippen MR) is 99.2 cm³/mol. The van der Waals surface area contributed by atoms with E-state index in [-0.39, 0.29) is 0 Å². The minimum atomic E-state index is 0.600. The number of guanidine groups is 1. The van der Waals surface area contributed by atoms with Crippen LogP contribution in [0.25, 0.3) is 0 Å². The van der Waals surface area contributed by atoms with E-state index in [9.17, 15) is 0 Å². The van der Waals surface area contributed by atoms with Crippen molar-refractivity contribution < 1.29 is 9.47 Å². The van der Waals surface area contributed by atoms with E-state index in [0.717, 1.165) is 11.4 Å². The first-order chi connectivity index (χ1) is 11.7. The molecule has 0 fully saturated rings. The van der Waals surface area contributed by atoms with Gasteiger partial charge in [0.25, 0.3) is 0 Å². The third-order valence-electron chi connectivity index (χ3n) is 3.49. The fourth-order valence-electron chi connectivity index (χ4n) is 2.34. The van der Waals surface area contributed by atoms with Crippen molar-refractivity contribution in [2.45, 2.75) is 20.4 Å². The van der Waals surface area contributed by atoms with Gasteiger partial charge in [-0.05, 0) is 31.5 Å². The Bertz CT molecular complexity index is 699. The quantitative estimate of drug-likeness (QED) is 0.629. The maximum Gasteiger partial charge on any atom is 0.195 e. The molecule has 0 amide bonds. The highest BCUT2D eigenvalue weighted by molar-refractivity contribution is 5.93. The van der Waals surface area contributed by atoms with Gasteiger partial charge in [0.05, 0.1) is 13.7 Å². The Morgan fingerprint density at radius 3 is 2.62 bits per heavy atom. The maximum atomic E-state index is 5.53. The van der Waals surface area contributed by atoms with Gasteiger partial charge in [0.15, 0.2) is 17.5 Å². The summed E-state index contributed by atoms with van der Waals surface area (Å²) in [6.45, 7) is 5.34. The average molecular weight is 327 g/mol. The molecule has 2 aromatic carbocycles. The number of methoxy groups -OCH3 is 1. The minimum absolute atomic E-state index is 0.600. The van der Waals surface area contributed by atoms with Crippen LogP contribution < -0.4 is 20.1 Å². The summed E-state index contributed by atoms with van der Waals surface area (Å²) in [6.07, 6.45) is 0. The molecule has 24 heavy (non-hydrogen) atoms. The van der Waals surface area contributed by atoms with Crippen molar-refractivity contribution in [3.05, 3.63) is 53.6 Å². The molecule has 2 N–H and O–H groups in total. The van der Waals surface area contributed by atoms with Gasteiger partial charge in [0.1, 0.15) is 0 Å². The molecule has 0 aliphatic rings. The van der Waals surface area contributed by atoms with E-state index in [0.29, 0.717) is 24.9 Å². The van der Waals surface area contributed by atoms with Crippen molar-refractivity contribution in [3.8, 4) is 11.5 Å². The van der Waals surface area contributed by atoms with Crippen LogP contribution in [0.2, 0.25) is 0 Å². The number of hydrogen-bond donors (Lipinski definition) is 2. The first kappa shape index (κ1) is 17.7. The van der Waals surface area contributed by atoms with Gasteiger partial charge < -0.3 is 20.1 Å². The van der Waals surface area contributed by atoms with E-state index < -0.39 is 0 Å². The van der Waals surface area contributed by atoms with Crippen LogP contribution in [-0.4, -0.2) is 26.7 Å².